The molecule has 0 aliphatic heterocycles. The van der Waals surface area contributed by atoms with E-state index in [2.05, 4.69) is 10.1 Å². The fourth-order valence-corrected chi connectivity index (χ4v) is 1.10. The highest BCUT2D eigenvalue weighted by atomic mass is 15.3. The molecule has 2 N–H and O–H groups in total. The molecule has 2 heterocycles. The Hall–Kier alpha value is -2.35. The van der Waals surface area contributed by atoms with E-state index < -0.39 is 0 Å². The number of rotatable bonds is 1. The summed E-state index contributed by atoms with van der Waals surface area (Å²) in [6.45, 7) is 0. The molecule has 0 amide bonds. The molecule has 0 unspecified atom stereocenters. The Morgan fingerprint density at radius 1 is 1.43 bits per heavy atom. The Balaban J connectivity index is 2.51. The van der Waals surface area contributed by atoms with Crippen LogP contribution in [0.3, 0.4) is 0 Å². The van der Waals surface area contributed by atoms with E-state index in [0.29, 0.717) is 16.9 Å². The standard InChI is InChI=1S/C9H7N5/c10-3-7-4-13-14(6-7)9-5-12-2-1-8(9)11/h1-2,4-6H,(H2,11,12). The Kier molecular flexibility index (Phi) is 1.88. The lowest BCUT2D eigenvalue weighted by molar-refractivity contribution is 0.876. The van der Waals surface area contributed by atoms with E-state index >= 15 is 0 Å². The highest BCUT2D eigenvalue weighted by Crippen LogP contribution is 2.13. The molecule has 0 spiro atoms. The average Bonchev–Trinajstić information content (AvgIpc) is 2.67. The molecule has 2 aromatic heterocycles. The molecule has 0 aromatic carbocycles. The molecule has 0 saturated carbocycles. The molecule has 14 heavy (non-hydrogen) atoms. The lowest BCUT2D eigenvalue weighted by Crippen LogP contribution is -2.00. The number of nitrogens with two attached hydrogens (primary N) is 1. The molecule has 0 atom stereocenters. The van der Waals surface area contributed by atoms with Gasteiger partial charge in [0, 0.05) is 12.4 Å². The van der Waals surface area contributed by atoms with Gasteiger partial charge in [0.05, 0.1) is 23.6 Å². The first-order chi connectivity index (χ1) is 6.81. The second kappa shape index (κ2) is 3.18. The van der Waals surface area contributed by atoms with Crippen LogP contribution in [-0.2, 0) is 0 Å². The third-order valence-electron chi connectivity index (χ3n) is 1.79. The molecule has 0 aliphatic carbocycles. The maximum Gasteiger partial charge on any atom is 0.106 e. The van der Waals surface area contributed by atoms with Gasteiger partial charge >= 0.3 is 0 Å². The lowest BCUT2D eigenvalue weighted by Gasteiger charge is -2.02. The molecule has 0 saturated heterocycles. The third-order valence-corrected chi connectivity index (χ3v) is 1.79. The fraction of sp³-hybridized carbons (Fsp3) is 0. The van der Waals surface area contributed by atoms with Gasteiger partial charge < -0.3 is 5.73 Å². The van der Waals surface area contributed by atoms with E-state index in [1.54, 1.807) is 24.7 Å². The van der Waals surface area contributed by atoms with Crippen molar-refractivity contribution in [3.63, 3.8) is 0 Å². The van der Waals surface area contributed by atoms with Crippen molar-refractivity contribution < 1.29 is 0 Å². The summed E-state index contributed by atoms with van der Waals surface area (Å²) in [5, 5.41) is 12.6. The first-order valence-corrected chi connectivity index (χ1v) is 3.96. The second-order valence-corrected chi connectivity index (χ2v) is 2.72. The largest absolute Gasteiger partial charge is 0.397 e. The molecular formula is C9H7N5. The van der Waals surface area contributed by atoms with Crippen LogP contribution in [0.4, 0.5) is 5.69 Å². The molecular weight excluding hydrogens is 178 g/mol. The average molecular weight is 185 g/mol. The van der Waals surface area contributed by atoms with Crippen LogP contribution in [0.1, 0.15) is 5.56 Å². The third kappa shape index (κ3) is 1.29. The van der Waals surface area contributed by atoms with Gasteiger partial charge in [0.1, 0.15) is 11.8 Å². The fourth-order valence-electron chi connectivity index (χ4n) is 1.10. The summed E-state index contributed by atoms with van der Waals surface area (Å²) < 4.78 is 1.53. The molecule has 5 nitrogen and oxygen atoms in total. The zero-order valence-corrected chi connectivity index (χ0v) is 7.25. The Labute approximate surface area is 80.4 Å². The summed E-state index contributed by atoms with van der Waals surface area (Å²) in [7, 11) is 0. The predicted octanol–water partition coefficient (Wildman–Crippen LogP) is 0.721. The summed E-state index contributed by atoms with van der Waals surface area (Å²) in [6.07, 6.45) is 6.29. The summed E-state index contributed by atoms with van der Waals surface area (Å²) >= 11 is 0. The van der Waals surface area contributed by atoms with E-state index in [1.165, 1.54) is 10.9 Å². The van der Waals surface area contributed by atoms with Gasteiger partial charge in [0.15, 0.2) is 0 Å². The maximum atomic E-state index is 8.62. The van der Waals surface area contributed by atoms with E-state index in [0.717, 1.165) is 0 Å². The molecule has 0 aliphatic rings. The van der Waals surface area contributed by atoms with Crippen LogP contribution >= 0.6 is 0 Å². The van der Waals surface area contributed by atoms with Crippen molar-refractivity contribution in [3.05, 3.63) is 36.4 Å². The predicted molar refractivity (Wildman–Crippen MR) is 50.5 cm³/mol. The van der Waals surface area contributed by atoms with Gasteiger partial charge in [-0.2, -0.15) is 10.4 Å². The van der Waals surface area contributed by atoms with Crippen molar-refractivity contribution in [1.82, 2.24) is 14.8 Å². The smallest absolute Gasteiger partial charge is 0.106 e. The van der Waals surface area contributed by atoms with Crippen LogP contribution in [0.5, 0.6) is 0 Å². The monoisotopic (exact) mass is 185 g/mol. The minimum absolute atomic E-state index is 0.494. The number of hydrogen-bond acceptors (Lipinski definition) is 4. The topological polar surface area (TPSA) is 80.5 Å². The first-order valence-electron chi connectivity index (χ1n) is 3.96. The molecule has 0 fully saturated rings. The highest BCUT2D eigenvalue weighted by Gasteiger charge is 2.03. The molecule has 5 heteroatoms. The van der Waals surface area contributed by atoms with Crippen LogP contribution in [0, 0.1) is 11.3 Å². The molecule has 0 radical (unpaired) electrons. The van der Waals surface area contributed by atoms with Gasteiger partial charge in [0.2, 0.25) is 0 Å². The summed E-state index contributed by atoms with van der Waals surface area (Å²) in [4.78, 5) is 3.93. The van der Waals surface area contributed by atoms with Gasteiger partial charge in [0.25, 0.3) is 0 Å². The van der Waals surface area contributed by atoms with Gasteiger partial charge in [-0.25, -0.2) is 4.68 Å². The number of anilines is 1. The second-order valence-electron chi connectivity index (χ2n) is 2.72. The van der Waals surface area contributed by atoms with E-state index in [4.69, 9.17) is 11.0 Å². The van der Waals surface area contributed by atoms with Crippen molar-refractivity contribution in [2.75, 3.05) is 5.73 Å². The summed E-state index contributed by atoms with van der Waals surface area (Å²) in [5.41, 5.74) is 7.46. The number of pyridine rings is 1. The SMILES string of the molecule is N#Cc1cnn(-c2cnccc2N)c1. The van der Waals surface area contributed by atoms with E-state index in [9.17, 15) is 0 Å². The van der Waals surface area contributed by atoms with Crippen molar-refractivity contribution in [2.45, 2.75) is 0 Å². The zero-order chi connectivity index (χ0) is 9.97. The molecule has 0 bridgehead atoms. The molecule has 2 aromatic rings. The van der Waals surface area contributed by atoms with Gasteiger partial charge in [-0.3, -0.25) is 4.98 Å². The molecule has 2 rings (SSSR count). The lowest BCUT2D eigenvalue weighted by atomic mass is 10.3. The Morgan fingerprint density at radius 3 is 2.93 bits per heavy atom. The zero-order valence-electron chi connectivity index (χ0n) is 7.25. The van der Waals surface area contributed by atoms with Crippen LogP contribution in [0.15, 0.2) is 30.9 Å². The van der Waals surface area contributed by atoms with E-state index in [-0.39, 0.29) is 0 Å². The number of nitriles is 1. The van der Waals surface area contributed by atoms with Gasteiger partial charge in [-0.05, 0) is 6.07 Å². The number of nitrogens with zero attached hydrogens (tertiary/aromatic N) is 4. The summed E-state index contributed by atoms with van der Waals surface area (Å²) in [6, 6.07) is 3.68. The minimum atomic E-state index is 0.494. The maximum absolute atomic E-state index is 8.62. The summed E-state index contributed by atoms with van der Waals surface area (Å²) in [5.74, 6) is 0. The van der Waals surface area contributed by atoms with Crippen LogP contribution < -0.4 is 5.73 Å². The number of aromatic nitrogens is 3. The van der Waals surface area contributed by atoms with Crippen molar-refractivity contribution in [2.24, 2.45) is 0 Å². The van der Waals surface area contributed by atoms with Crippen molar-refractivity contribution >= 4 is 5.69 Å². The van der Waals surface area contributed by atoms with Crippen LogP contribution in [-0.4, -0.2) is 14.8 Å². The normalized spacial score (nSPS) is 9.64. The van der Waals surface area contributed by atoms with Crippen LogP contribution in [0.2, 0.25) is 0 Å². The number of hydrogen-bond donors (Lipinski definition) is 1. The van der Waals surface area contributed by atoms with E-state index in [1.807, 2.05) is 6.07 Å². The van der Waals surface area contributed by atoms with Gasteiger partial charge in [-0.15, -0.1) is 0 Å². The van der Waals surface area contributed by atoms with Crippen molar-refractivity contribution in [1.29, 1.82) is 5.26 Å². The minimum Gasteiger partial charge on any atom is -0.397 e. The number of nitrogen functional groups attached to an aromatic ring is 1. The Morgan fingerprint density at radius 2 is 2.29 bits per heavy atom. The highest BCUT2D eigenvalue weighted by molar-refractivity contribution is 5.55. The van der Waals surface area contributed by atoms with Crippen molar-refractivity contribution in [3.8, 4) is 11.8 Å². The Bertz CT molecular complexity index is 494. The van der Waals surface area contributed by atoms with Gasteiger partial charge in [-0.1, -0.05) is 0 Å². The van der Waals surface area contributed by atoms with Crippen LogP contribution in [0.25, 0.3) is 5.69 Å². The first kappa shape index (κ1) is 8.26. The quantitative estimate of drug-likeness (QED) is 0.709. The molecule has 68 valence electrons.